The highest BCUT2D eigenvalue weighted by Crippen LogP contribution is 2.55. The molecule has 3 aliphatic heterocycles. The summed E-state index contributed by atoms with van der Waals surface area (Å²) in [5.74, 6) is -4.53. The minimum Gasteiger partial charge on any atom is -0.457 e. The largest absolute Gasteiger partial charge is 0.457 e. The van der Waals surface area contributed by atoms with E-state index < -0.39 is 92.2 Å². The maximum absolute atomic E-state index is 14.7. The van der Waals surface area contributed by atoms with E-state index in [0.29, 0.717) is 23.2 Å². The Morgan fingerprint density at radius 3 is 0.719 bits per heavy atom. The van der Waals surface area contributed by atoms with E-state index in [4.69, 9.17) is 24.7 Å². The second-order valence-corrected chi connectivity index (χ2v) is 47.6. The SMILES string of the molecule is C=CCOC(=O)C(N1C(=O)[C@H](C(C)C)[C@H]1CC(=O)c1ccc(CN)cc1)=P(c1ccccc1)(c1ccccc1)c1ccccc1.C=CCOC(=O)C(N1C(=O)[C@H](C(C)C)[C@H]1CC(=O)c1ccc(CNC(=O)OC(C)(C)C)cc1)=P(c1ccccc1)(c1ccccc1)c1ccccc1.C=CCOC(=O)C(N1C(=O)[C@H](C(C)C)[C@H]1CC(=O)c1ccc(CNC(=O)OC)cc1)=P(c1ccccc1)(c1ccccc1)c1ccccc1. The number of hydrogen-bond donors (Lipinski definition) is 3. The van der Waals surface area contributed by atoms with Gasteiger partial charge in [0.05, 0.1) is 43.0 Å². The number of carbonyl (C=O) groups is 11. The number of carbonyl (C=O) groups excluding carboxylic acids is 11. The third-order valence-corrected chi connectivity index (χ3v) is 38.9. The lowest BCUT2D eigenvalue weighted by atomic mass is 9.76. The number of methoxy groups -OCH3 is 1. The predicted molar refractivity (Wildman–Crippen MR) is 587 cm³/mol. The van der Waals surface area contributed by atoms with Gasteiger partial charge in [-0.3, -0.25) is 28.8 Å². The molecular formula is C121H127N6O16P3. The maximum atomic E-state index is 14.7. The molecule has 752 valence electrons. The molecule has 12 aromatic rings. The molecule has 5 amide bonds. The second-order valence-electron chi connectivity index (χ2n) is 37.7. The molecule has 4 N–H and O–H groups in total. The van der Waals surface area contributed by atoms with E-state index >= 15 is 0 Å². The third-order valence-electron chi connectivity index (χ3n) is 26.1. The normalized spacial score (nSPS) is 15.8. The lowest BCUT2D eigenvalue weighted by molar-refractivity contribution is -0.153. The van der Waals surface area contributed by atoms with Crippen LogP contribution in [-0.4, -0.2) is 147 Å². The van der Waals surface area contributed by atoms with Crippen LogP contribution in [0.1, 0.15) is 129 Å². The molecule has 146 heavy (non-hydrogen) atoms. The third kappa shape index (κ3) is 23.8. The first-order chi connectivity index (χ1) is 70.4. The Morgan fingerprint density at radius 2 is 0.534 bits per heavy atom. The lowest BCUT2D eigenvalue weighted by Gasteiger charge is -2.51. The Balaban J connectivity index is 0.000000184. The van der Waals surface area contributed by atoms with E-state index in [9.17, 15) is 52.7 Å². The zero-order chi connectivity index (χ0) is 104. The molecule has 0 radical (unpaired) electrons. The fourth-order valence-corrected chi connectivity index (χ4v) is 32.7. The molecule has 22 nitrogen and oxygen atoms in total. The first-order valence-corrected chi connectivity index (χ1v) is 54.3. The van der Waals surface area contributed by atoms with Crippen molar-refractivity contribution in [3.05, 3.63) is 417 Å². The fourth-order valence-electron chi connectivity index (χ4n) is 19.5. The van der Waals surface area contributed by atoms with Gasteiger partial charge in [-0.05, 0) is 103 Å². The number of esters is 3. The van der Waals surface area contributed by atoms with Crippen LogP contribution in [0.5, 0.6) is 0 Å². The number of nitrogens with one attached hydrogen (secondary N) is 2. The van der Waals surface area contributed by atoms with Gasteiger partial charge in [-0.25, -0.2) is 24.0 Å². The summed E-state index contributed by atoms with van der Waals surface area (Å²) in [6.45, 7) is 20.0. The number of nitrogens with two attached hydrogens (primary N) is 1. The van der Waals surface area contributed by atoms with Crippen LogP contribution in [-0.2, 0) is 72.1 Å². The highest BCUT2D eigenvalue weighted by Gasteiger charge is 2.59. The standard InChI is InChI=1S/C43H47N2O6P.C40H41N2O6P.C38H39N2O4P/c1-7-27-50-41(48)40(52(33-17-11-8-12-18-33,34-19-13-9-14-20-34)35-21-15-10-16-22-35)45-36(38(30(2)3)39(45)47)28-37(46)32-25-23-31(24-26-32)29-44-42(49)51-43(4,5)6;1-5-25-48-39(45)38(49(31-15-9-6-10-16-31,32-17-11-7-12-18-32)33-19-13-8-14-20-33)42-34(36(28(2)3)37(42)44)26-35(43)30-23-21-29(22-24-30)27-41-40(46)47-4;1-4-24-44-38(43)37(40-33(35(27(2)3)36(40)42)25-34(41)29-22-20-28(26-39)21-23-29)45(30-14-8-5-9-15-30,31-16-10-6-11-17-31)32-18-12-7-13-19-32/h7-26,30,36,38H,1,27-29H2,2-6H3,(H,44,49);5-24,28,34,36H,1,25-27H2,2-4H3,(H,41,46);4-23,27,33,35H,1,24-26,39H2,2-3H3/t36-,38-;34-,36-;33-,35-/m111/s1. The molecule has 0 bridgehead atoms. The molecule has 3 aliphatic rings. The van der Waals surface area contributed by atoms with E-state index in [2.05, 4.69) is 35.1 Å². The van der Waals surface area contributed by atoms with Gasteiger partial charge < -0.3 is 54.8 Å². The summed E-state index contributed by atoms with van der Waals surface area (Å²) >= 11 is 0. The summed E-state index contributed by atoms with van der Waals surface area (Å²) in [5.41, 5.74) is 9.90. The van der Waals surface area contributed by atoms with Gasteiger partial charge in [0.15, 0.2) is 17.3 Å². The number of ketones is 3. The zero-order valence-corrected chi connectivity index (χ0v) is 86.8. The van der Waals surface area contributed by atoms with Crippen molar-refractivity contribution in [2.45, 2.75) is 125 Å². The molecule has 0 aliphatic carbocycles. The molecule has 15 rings (SSSR count). The smallest absolute Gasteiger partial charge is 0.407 e. The maximum Gasteiger partial charge on any atom is 0.407 e. The van der Waals surface area contributed by atoms with Crippen molar-refractivity contribution in [2.75, 3.05) is 26.9 Å². The summed E-state index contributed by atoms with van der Waals surface area (Å²) in [6.07, 6.45) is 3.52. The topological polar surface area (TPSA) is 294 Å². The van der Waals surface area contributed by atoms with Gasteiger partial charge in [0.25, 0.3) is 0 Å². The minimum absolute atomic E-state index is 0.000694. The van der Waals surface area contributed by atoms with Crippen molar-refractivity contribution in [3.8, 4) is 0 Å². The van der Waals surface area contributed by atoms with Crippen LogP contribution in [0.4, 0.5) is 9.59 Å². The lowest BCUT2D eigenvalue weighted by Crippen LogP contribution is -2.67. The summed E-state index contributed by atoms with van der Waals surface area (Å²) in [4.78, 5) is 157. The number of amides is 5. The molecule has 25 heteroatoms. The molecule has 6 atom stereocenters. The monoisotopic (exact) mass is 2010 g/mol. The summed E-state index contributed by atoms with van der Waals surface area (Å²) < 4.78 is 27.5. The van der Waals surface area contributed by atoms with E-state index in [1.165, 1.54) is 25.3 Å². The Hall–Kier alpha value is -14.9. The fraction of sp³-hybridized carbons (Fsp3) is 0.240. The average Bonchev–Trinajstić information content (AvgIpc) is 0.708. The van der Waals surface area contributed by atoms with Crippen LogP contribution in [0.25, 0.3) is 0 Å². The minimum atomic E-state index is -3.11. The van der Waals surface area contributed by atoms with Gasteiger partial charge in [0.2, 0.25) is 17.7 Å². The number of ether oxygens (including phenoxy) is 5. The highest BCUT2D eigenvalue weighted by atomic mass is 31.2. The number of alkyl carbamates (subject to hydrolysis) is 2. The van der Waals surface area contributed by atoms with E-state index in [1.54, 1.807) is 96.1 Å². The Labute approximate surface area is 856 Å². The number of likely N-dealkylation sites (tertiary alicyclic amines) is 3. The van der Waals surface area contributed by atoms with Crippen LogP contribution < -0.4 is 64.1 Å². The molecular weight excluding hydrogens is 1890 g/mol. The van der Waals surface area contributed by atoms with E-state index in [0.717, 1.165) is 64.4 Å². The van der Waals surface area contributed by atoms with Crippen LogP contribution in [0.2, 0.25) is 0 Å². The quantitative estimate of drug-likeness (QED) is 0.00809. The molecule has 0 saturated carbocycles. The number of rotatable bonds is 38. The van der Waals surface area contributed by atoms with Crippen molar-refractivity contribution in [3.63, 3.8) is 0 Å². The predicted octanol–water partition coefficient (Wildman–Crippen LogP) is 17.1. The Morgan fingerprint density at radius 1 is 0.329 bits per heavy atom. The van der Waals surface area contributed by atoms with Crippen LogP contribution in [0.15, 0.2) is 384 Å². The highest BCUT2D eigenvalue weighted by molar-refractivity contribution is 7.97. The van der Waals surface area contributed by atoms with Crippen molar-refractivity contribution >= 4 is 150 Å². The van der Waals surface area contributed by atoms with Crippen LogP contribution >= 0.6 is 20.7 Å². The number of nitrogens with zero attached hydrogens (tertiary/aromatic N) is 3. The van der Waals surface area contributed by atoms with Crippen molar-refractivity contribution in [2.24, 2.45) is 41.2 Å². The van der Waals surface area contributed by atoms with Gasteiger partial charge in [0, 0.05) is 76.2 Å². The van der Waals surface area contributed by atoms with E-state index in [-0.39, 0.29) is 121 Å². The van der Waals surface area contributed by atoms with Gasteiger partial charge in [-0.1, -0.05) is 425 Å². The second kappa shape index (κ2) is 50.1. The molecule has 3 fully saturated rings. The number of hydrogen-bond acceptors (Lipinski definition) is 17. The first kappa shape index (κ1) is 108. The molecule has 0 spiro atoms. The zero-order valence-electron chi connectivity index (χ0n) is 84.1. The van der Waals surface area contributed by atoms with Crippen molar-refractivity contribution in [1.82, 2.24) is 25.3 Å². The number of Topliss-reactive ketones (excluding diaryl/α,β-unsaturated/α-hetero) is 3. The van der Waals surface area contributed by atoms with Gasteiger partial charge in [-0.2, -0.15) is 0 Å². The van der Waals surface area contributed by atoms with Gasteiger partial charge in [-0.15, -0.1) is 0 Å². The number of benzene rings is 12. The Bertz CT molecular complexity index is 6520. The van der Waals surface area contributed by atoms with Crippen LogP contribution in [0.3, 0.4) is 0 Å². The molecule has 3 saturated heterocycles. The summed E-state index contributed by atoms with van der Waals surface area (Å²) in [6, 6.07) is 108. The molecule has 0 aromatic heterocycles. The van der Waals surface area contributed by atoms with E-state index in [1.807, 2.05) is 327 Å². The molecule has 3 heterocycles. The molecule has 0 unspecified atom stereocenters. The van der Waals surface area contributed by atoms with Crippen molar-refractivity contribution < 1.29 is 76.4 Å². The van der Waals surface area contributed by atoms with Crippen LogP contribution in [0, 0.1) is 35.5 Å². The van der Waals surface area contributed by atoms with Gasteiger partial charge >= 0.3 is 30.1 Å². The summed E-state index contributed by atoms with van der Waals surface area (Å²) in [7, 11) is 1.30. The first-order valence-electron chi connectivity index (χ1n) is 48.9. The van der Waals surface area contributed by atoms with Crippen molar-refractivity contribution in [1.29, 1.82) is 0 Å². The molecule has 12 aromatic carbocycles. The number of β-lactam (4-membered cyclic amide) rings is 3. The summed E-state index contributed by atoms with van der Waals surface area (Å²) in [5, 5.41) is 13.3. The van der Waals surface area contributed by atoms with Gasteiger partial charge in [0.1, 0.15) is 41.7 Å². The Kier molecular flexibility index (Phi) is 37.2. The average molecular weight is 2010 g/mol.